The quantitative estimate of drug-likeness (QED) is 0.585. The average molecular weight is 225 g/mol. The van der Waals surface area contributed by atoms with E-state index in [0.29, 0.717) is 5.75 Å². The van der Waals surface area contributed by atoms with Gasteiger partial charge in [-0.1, -0.05) is 0 Å². The molecule has 1 fully saturated rings. The molecule has 0 spiro atoms. The topological polar surface area (TPSA) is 58.0 Å². The Kier molecular flexibility index (Phi) is 3.56. The lowest BCUT2D eigenvalue weighted by Crippen LogP contribution is -2.43. The molecule has 0 radical (unpaired) electrons. The third kappa shape index (κ3) is 3.15. The van der Waals surface area contributed by atoms with Crippen molar-refractivity contribution in [2.24, 2.45) is 0 Å². The van der Waals surface area contributed by atoms with Crippen molar-refractivity contribution in [3.8, 4) is 0 Å². The fourth-order valence-electron chi connectivity index (χ4n) is 1.61. The summed E-state index contributed by atoms with van der Waals surface area (Å²) in [5.74, 6) is 0.714. The minimum atomic E-state index is -0.527. The molecular weight excluding hydrogens is 210 g/mol. The van der Waals surface area contributed by atoms with Gasteiger partial charge in [0.15, 0.2) is 0 Å². The summed E-state index contributed by atoms with van der Waals surface area (Å²) in [5, 5.41) is 14.4. The van der Waals surface area contributed by atoms with Crippen LogP contribution in [0.4, 0.5) is 0 Å². The summed E-state index contributed by atoms with van der Waals surface area (Å²) in [7, 11) is 0. The highest BCUT2D eigenvalue weighted by Gasteiger charge is 2.29. The van der Waals surface area contributed by atoms with Gasteiger partial charge in [-0.2, -0.15) is 0 Å². The van der Waals surface area contributed by atoms with Crippen LogP contribution in [0.1, 0.15) is 12.8 Å². The van der Waals surface area contributed by atoms with Crippen LogP contribution in [0, 0.1) is 0 Å². The van der Waals surface area contributed by atoms with Crippen LogP contribution < -0.4 is 5.32 Å². The Morgan fingerprint density at radius 3 is 2.93 bits per heavy atom. The van der Waals surface area contributed by atoms with Crippen LogP contribution in [0.3, 0.4) is 0 Å². The van der Waals surface area contributed by atoms with Crippen molar-refractivity contribution >= 4 is 11.8 Å². The van der Waals surface area contributed by atoms with Crippen LogP contribution in [0.2, 0.25) is 0 Å². The van der Waals surface area contributed by atoms with E-state index in [1.165, 1.54) is 6.33 Å². The van der Waals surface area contributed by atoms with Gasteiger partial charge in [-0.15, -0.1) is 11.8 Å². The molecule has 5 heteroatoms. The molecule has 0 saturated carbocycles. The van der Waals surface area contributed by atoms with Crippen LogP contribution in [0.5, 0.6) is 0 Å². The van der Waals surface area contributed by atoms with Crippen molar-refractivity contribution in [2.75, 3.05) is 18.8 Å². The molecule has 0 aliphatic carbocycles. The minimum absolute atomic E-state index is 0.527. The molecule has 4 nitrogen and oxygen atoms in total. The van der Waals surface area contributed by atoms with E-state index in [2.05, 4.69) is 15.3 Å². The van der Waals surface area contributed by atoms with Gasteiger partial charge in [-0.3, -0.25) is 0 Å². The second-order valence-corrected chi connectivity index (χ2v) is 4.81. The normalized spacial score (nSPS) is 20.1. The first-order valence-electron chi connectivity index (χ1n) is 5.10. The third-order valence-corrected chi connectivity index (χ3v) is 3.80. The molecule has 2 heterocycles. The number of piperidine rings is 1. The molecule has 0 amide bonds. The van der Waals surface area contributed by atoms with Crippen molar-refractivity contribution in [3.63, 3.8) is 0 Å². The molecule has 1 saturated heterocycles. The average Bonchev–Trinajstić information content (AvgIpc) is 2.29. The highest BCUT2D eigenvalue weighted by atomic mass is 32.2. The Balaban J connectivity index is 1.87. The summed E-state index contributed by atoms with van der Waals surface area (Å²) in [4.78, 5) is 7.98. The molecule has 0 aromatic carbocycles. The first-order valence-corrected chi connectivity index (χ1v) is 6.09. The summed E-state index contributed by atoms with van der Waals surface area (Å²) in [5.41, 5.74) is -0.527. The highest BCUT2D eigenvalue weighted by molar-refractivity contribution is 7.99. The zero-order valence-corrected chi connectivity index (χ0v) is 9.33. The molecule has 1 aliphatic rings. The Bertz CT molecular complexity index is 301. The number of nitrogens with one attached hydrogen (secondary N) is 1. The van der Waals surface area contributed by atoms with Crippen LogP contribution in [-0.4, -0.2) is 39.5 Å². The maximum atomic E-state index is 10.2. The Hall–Kier alpha value is -0.650. The molecule has 1 aliphatic heterocycles. The fourth-order valence-corrected chi connectivity index (χ4v) is 2.59. The first-order chi connectivity index (χ1) is 7.29. The zero-order chi connectivity index (χ0) is 10.6. The molecule has 2 N–H and O–H groups in total. The summed E-state index contributed by atoms with van der Waals surface area (Å²) in [6.45, 7) is 1.81. The SMILES string of the molecule is OC1(CSc2ccncn2)CCNCC1. The fraction of sp³-hybridized carbons (Fsp3) is 0.600. The van der Waals surface area contributed by atoms with Gasteiger partial charge in [-0.05, 0) is 32.0 Å². The molecule has 2 rings (SSSR count). The number of hydrogen-bond acceptors (Lipinski definition) is 5. The molecule has 82 valence electrons. The Morgan fingerprint density at radius 2 is 2.27 bits per heavy atom. The lowest BCUT2D eigenvalue weighted by molar-refractivity contribution is 0.0339. The van der Waals surface area contributed by atoms with Crippen molar-refractivity contribution in [3.05, 3.63) is 18.6 Å². The van der Waals surface area contributed by atoms with E-state index in [4.69, 9.17) is 0 Å². The van der Waals surface area contributed by atoms with Gasteiger partial charge >= 0.3 is 0 Å². The van der Waals surface area contributed by atoms with E-state index < -0.39 is 5.60 Å². The highest BCUT2D eigenvalue weighted by Crippen LogP contribution is 2.26. The van der Waals surface area contributed by atoms with Crippen molar-refractivity contribution in [2.45, 2.75) is 23.5 Å². The van der Waals surface area contributed by atoms with E-state index in [1.54, 1.807) is 18.0 Å². The van der Waals surface area contributed by atoms with E-state index >= 15 is 0 Å². The summed E-state index contributed by atoms with van der Waals surface area (Å²) >= 11 is 1.60. The third-order valence-electron chi connectivity index (χ3n) is 2.58. The lowest BCUT2D eigenvalue weighted by atomic mass is 9.95. The molecule has 0 atom stereocenters. The van der Waals surface area contributed by atoms with E-state index in [1.807, 2.05) is 6.07 Å². The molecule has 1 aromatic rings. The minimum Gasteiger partial charge on any atom is -0.389 e. The monoisotopic (exact) mass is 225 g/mol. The van der Waals surface area contributed by atoms with Crippen LogP contribution in [0.15, 0.2) is 23.6 Å². The second kappa shape index (κ2) is 4.92. The molecule has 15 heavy (non-hydrogen) atoms. The second-order valence-electron chi connectivity index (χ2n) is 3.81. The van der Waals surface area contributed by atoms with Crippen molar-refractivity contribution in [1.82, 2.24) is 15.3 Å². The summed E-state index contributed by atoms with van der Waals surface area (Å²) in [6.07, 6.45) is 4.91. The predicted molar refractivity (Wildman–Crippen MR) is 59.8 cm³/mol. The first kappa shape index (κ1) is 10.9. The number of aromatic nitrogens is 2. The Morgan fingerprint density at radius 1 is 1.47 bits per heavy atom. The number of thioether (sulfide) groups is 1. The van der Waals surface area contributed by atoms with Crippen LogP contribution >= 0.6 is 11.8 Å². The predicted octanol–water partition coefficient (Wildman–Crippen LogP) is 0.683. The summed E-state index contributed by atoms with van der Waals surface area (Å²) in [6, 6.07) is 1.87. The number of nitrogens with zero attached hydrogens (tertiary/aromatic N) is 2. The van der Waals surface area contributed by atoms with Crippen LogP contribution in [-0.2, 0) is 0 Å². The molecular formula is C10H15N3OS. The van der Waals surface area contributed by atoms with Crippen molar-refractivity contribution < 1.29 is 5.11 Å². The standard InChI is InChI=1S/C10H15N3OS/c14-10(2-5-11-6-3-10)7-15-9-1-4-12-8-13-9/h1,4,8,11,14H,2-3,5-7H2. The zero-order valence-electron chi connectivity index (χ0n) is 8.52. The van der Waals surface area contributed by atoms with Gasteiger partial charge in [0.05, 0.1) is 10.6 Å². The van der Waals surface area contributed by atoms with Gasteiger partial charge < -0.3 is 10.4 Å². The van der Waals surface area contributed by atoms with Gasteiger partial charge in [-0.25, -0.2) is 9.97 Å². The van der Waals surface area contributed by atoms with Gasteiger partial charge in [0.1, 0.15) is 6.33 Å². The maximum Gasteiger partial charge on any atom is 0.116 e. The number of rotatable bonds is 3. The van der Waals surface area contributed by atoms with E-state index in [0.717, 1.165) is 31.0 Å². The smallest absolute Gasteiger partial charge is 0.116 e. The summed E-state index contributed by atoms with van der Waals surface area (Å²) < 4.78 is 0. The van der Waals surface area contributed by atoms with Crippen LogP contribution in [0.25, 0.3) is 0 Å². The van der Waals surface area contributed by atoms with Gasteiger partial charge in [0.25, 0.3) is 0 Å². The largest absolute Gasteiger partial charge is 0.389 e. The Labute approximate surface area is 93.5 Å². The lowest BCUT2D eigenvalue weighted by Gasteiger charge is -2.31. The molecule has 0 unspecified atom stereocenters. The van der Waals surface area contributed by atoms with Gasteiger partial charge in [0, 0.05) is 11.9 Å². The van der Waals surface area contributed by atoms with Crippen molar-refractivity contribution in [1.29, 1.82) is 0 Å². The van der Waals surface area contributed by atoms with Gasteiger partial charge in [0.2, 0.25) is 0 Å². The number of hydrogen-bond donors (Lipinski definition) is 2. The number of aliphatic hydroxyl groups is 1. The maximum absolute atomic E-state index is 10.2. The van der Waals surface area contributed by atoms with E-state index in [-0.39, 0.29) is 0 Å². The molecule has 1 aromatic heterocycles. The van der Waals surface area contributed by atoms with E-state index in [9.17, 15) is 5.11 Å². The molecule has 0 bridgehead atoms.